The van der Waals surface area contributed by atoms with Crippen LogP contribution in [0, 0.1) is 0 Å². The summed E-state index contributed by atoms with van der Waals surface area (Å²) in [7, 11) is 0. The molecule has 0 amide bonds. The summed E-state index contributed by atoms with van der Waals surface area (Å²) in [4.78, 5) is 0. The van der Waals surface area contributed by atoms with E-state index < -0.39 is 0 Å². The highest BCUT2D eigenvalue weighted by Crippen LogP contribution is 2.19. The Labute approximate surface area is 62.2 Å². The lowest BCUT2D eigenvalue weighted by molar-refractivity contribution is 1.28. The van der Waals surface area contributed by atoms with Crippen LogP contribution in [0.1, 0.15) is 0 Å². The summed E-state index contributed by atoms with van der Waals surface area (Å²) in [6.45, 7) is 0. The number of nitrogens with zero attached hydrogens (tertiary/aromatic N) is 1. The fourth-order valence-electron chi connectivity index (χ4n) is 0.552. The van der Waals surface area contributed by atoms with Crippen molar-refractivity contribution in [2.75, 3.05) is 5.43 Å². The molecular formula is C6H5BrN2. The third kappa shape index (κ3) is 1.43. The highest BCUT2D eigenvalue weighted by Gasteiger charge is 1.92. The summed E-state index contributed by atoms with van der Waals surface area (Å²) in [6, 6.07) is 7.33. The molecular weight excluding hydrogens is 180 g/mol. The molecule has 46 valence electrons. The van der Waals surface area contributed by atoms with E-state index in [1.165, 1.54) is 0 Å². The minimum absolute atomic E-state index is 0.678. The molecule has 0 aliphatic rings. The van der Waals surface area contributed by atoms with E-state index in [9.17, 15) is 0 Å². The molecule has 0 bridgehead atoms. The van der Waals surface area contributed by atoms with Crippen LogP contribution in [0.25, 0.3) is 0 Å². The zero-order valence-electron chi connectivity index (χ0n) is 4.63. The van der Waals surface area contributed by atoms with Gasteiger partial charge in [-0.15, -0.1) is 0 Å². The standard InChI is InChI=1S/C6H5BrN2/c7-5-3-1-2-4-6(5)9-8/h1-4,9H. The summed E-state index contributed by atoms with van der Waals surface area (Å²) in [5.41, 5.74) is 2.73. The van der Waals surface area contributed by atoms with Gasteiger partial charge < -0.3 is 0 Å². The minimum Gasteiger partial charge on any atom is -0.285 e. The lowest BCUT2D eigenvalue weighted by Crippen LogP contribution is -1.91. The maximum Gasteiger partial charge on any atom is 0.0662 e. The van der Waals surface area contributed by atoms with Gasteiger partial charge >= 0.3 is 0 Å². The summed E-state index contributed by atoms with van der Waals surface area (Å²) >= 11 is 3.23. The highest BCUT2D eigenvalue weighted by molar-refractivity contribution is 9.10. The molecule has 1 rings (SSSR count). The lowest BCUT2D eigenvalue weighted by atomic mass is 10.3. The van der Waals surface area contributed by atoms with E-state index in [1.54, 1.807) is 6.07 Å². The number of hydrogen-bond donors (Lipinski definition) is 1. The molecule has 1 aromatic carbocycles. The average molecular weight is 185 g/mol. The van der Waals surface area contributed by atoms with E-state index in [0.29, 0.717) is 5.69 Å². The van der Waals surface area contributed by atoms with Crippen LogP contribution < -0.4 is 11.3 Å². The van der Waals surface area contributed by atoms with Crippen LogP contribution in [-0.4, -0.2) is 0 Å². The van der Waals surface area contributed by atoms with E-state index in [2.05, 4.69) is 15.9 Å². The van der Waals surface area contributed by atoms with E-state index in [1.807, 2.05) is 23.6 Å². The van der Waals surface area contributed by atoms with Gasteiger partial charge in [-0.3, -0.25) is 5.43 Å². The Kier molecular flexibility index (Phi) is 2.08. The number of halogens is 1. The molecule has 2 nitrogen and oxygen atoms in total. The zero-order chi connectivity index (χ0) is 6.69. The Morgan fingerprint density at radius 2 is 2.00 bits per heavy atom. The van der Waals surface area contributed by atoms with Crippen molar-refractivity contribution in [2.24, 2.45) is 0 Å². The van der Waals surface area contributed by atoms with Gasteiger partial charge in [0.25, 0.3) is 0 Å². The van der Waals surface area contributed by atoms with E-state index in [0.717, 1.165) is 4.47 Å². The molecule has 2 radical (unpaired) electrons. The molecule has 0 spiro atoms. The van der Waals surface area contributed by atoms with Crippen LogP contribution in [0.3, 0.4) is 0 Å². The molecule has 0 heterocycles. The molecule has 0 saturated carbocycles. The number of para-hydroxylation sites is 1. The minimum atomic E-state index is 0.678. The third-order valence-corrected chi connectivity index (χ3v) is 1.69. The topological polar surface area (TPSA) is 34.3 Å². The van der Waals surface area contributed by atoms with E-state index in [-0.39, 0.29) is 0 Å². The molecule has 0 unspecified atom stereocenters. The van der Waals surface area contributed by atoms with Crippen LogP contribution in [-0.2, 0) is 0 Å². The first kappa shape index (κ1) is 6.58. The lowest BCUT2D eigenvalue weighted by Gasteiger charge is -1.97. The van der Waals surface area contributed by atoms with Gasteiger partial charge in [0, 0.05) is 4.47 Å². The Morgan fingerprint density at radius 3 is 2.44 bits per heavy atom. The maximum atomic E-state index is 8.44. The number of nitrogens with one attached hydrogen (secondary N) is 1. The fraction of sp³-hybridized carbons (Fsp3) is 0. The van der Waals surface area contributed by atoms with Crippen molar-refractivity contribution in [1.29, 1.82) is 0 Å². The second-order valence-electron chi connectivity index (χ2n) is 1.59. The van der Waals surface area contributed by atoms with Crippen LogP contribution >= 0.6 is 15.9 Å². The van der Waals surface area contributed by atoms with Crippen LogP contribution in [0.2, 0.25) is 0 Å². The summed E-state index contributed by atoms with van der Waals surface area (Å²) in [5.74, 6) is 8.44. The molecule has 1 N–H and O–H groups in total. The van der Waals surface area contributed by atoms with Gasteiger partial charge in [0.2, 0.25) is 0 Å². The highest BCUT2D eigenvalue weighted by atomic mass is 79.9. The zero-order valence-corrected chi connectivity index (χ0v) is 6.22. The number of rotatable bonds is 1. The molecule has 0 atom stereocenters. The first-order valence-corrected chi connectivity index (χ1v) is 3.28. The van der Waals surface area contributed by atoms with Gasteiger partial charge in [-0.05, 0) is 33.9 Å². The Balaban J connectivity index is 3.01. The molecule has 0 saturated heterocycles. The predicted molar refractivity (Wildman–Crippen MR) is 39.9 cm³/mol. The third-order valence-electron chi connectivity index (χ3n) is 0.994. The fourth-order valence-corrected chi connectivity index (χ4v) is 0.925. The van der Waals surface area contributed by atoms with Crippen molar-refractivity contribution >= 4 is 21.6 Å². The number of benzene rings is 1. The summed E-state index contributed by atoms with van der Waals surface area (Å²) in [6.07, 6.45) is 0. The Hall–Kier alpha value is -0.540. The predicted octanol–water partition coefficient (Wildman–Crippen LogP) is 1.84. The van der Waals surface area contributed by atoms with Crippen molar-refractivity contribution in [3.05, 3.63) is 28.7 Å². The first-order chi connectivity index (χ1) is 4.34. The van der Waals surface area contributed by atoms with Gasteiger partial charge in [-0.1, -0.05) is 12.1 Å². The second-order valence-corrected chi connectivity index (χ2v) is 2.45. The molecule has 0 aliphatic carbocycles. The molecule has 0 aromatic heterocycles. The monoisotopic (exact) mass is 184 g/mol. The van der Waals surface area contributed by atoms with Gasteiger partial charge in [0.05, 0.1) is 5.69 Å². The van der Waals surface area contributed by atoms with Crippen molar-refractivity contribution in [1.82, 2.24) is 5.84 Å². The van der Waals surface area contributed by atoms with Crippen LogP contribution in [0.4, 0.5) is 5.69 Å². The smallest absolute Gasteiger partial charge is 0.0662 e. The van der Waals surface area contributed by atoms with E-state index in [4.69, 9.17) is 5.84 Å². The largest absolute Gasteiger partial charge is 0.285 e. The van der Waals surface area contributed by atoms with Crippen LogP contribution in [0.5, 0.6) is 0 Å². The maximum absolute atomic E-state index is 8.44. The van der Waals surface area contributed by atoms with Crippen molar-refractivity contribution in [2.45, 2.75) is 0 Å². The van der Waals surface area contributed by atoms with Crippen molar-refractivity contribution in [3.8, 4) is 0 Å². The van der Waals surface area contributed by atoms with Crippen LogP contribution in [0.15, 0.2) is 28.7 Å². The average Bonchev–Trinajstić information content (AvgIpc) is 1.89. The number of hydrogen-bond acceptors (Lipinski definition) is 1. The number of anilines is 1. The molecule has 0 fully saturated rings. The van der Waals surface area contributed by atoms with Gasteiger partial charge in [-0.25, -0.2) is 0 Å². The SMILES string of the molecule is [N]Nc1ccccc1Br. The first-order valence-electron chi connectivity index (χ1n) is 2.49. The Bertz CT molecular complexity index is 200. The quantitative estimate of drug-likeness (QED) is 0.665. The normalized spacial score (nSPS) is 9.11. The molecule has 0 aliphatic heterocycles. The Morgan fingerprint density at radius 1 is 1.33 bits per heavy atom. The molecule has 3 heteroatoms. The van der Waals surface area contributed by atoms with E-state index >= 15 is 0 Å². The molecule has 9 heavy (non-hydrogen) atoms. The van der Waals surface area contributed by atoms with Gasteiger partial charge in [-0.2, -0.15) is 0 Å². The second kappa shape index (κ2) is 2.85. The molecule has 1 aromatic rings. The van der Waals surface area contributed by atoms with Gasteiger partial charge in [0.15, 0.2) is 0 Å². The van der Waals surface area contributed by atoms with Crippen molar-refractivity contribution in [3.63, 3.8) is 0 Å². The summed E-state index contributed by atoms with van der Waals surface area (Å²) in [5, 5.41) is 0. The van der Waals surface area contributed by atoms with Crippen molar-refractivity contribution < 1.29 is 0 Å². The van der Waals surface area contributed by atoms with Gasteiger partial charge in [0.1, 0.15) is 0 Å². The summed E-state index contributed by atoms with van der Waals surface area (Å²) < 4.78 is 0.854.